The Bertz CT molecular complexity index is 864. The van der Waals surface area contributed by atoms with E-state index in [-0.39, 0.29) is 17.5 Å². The summed E-state index contributed by atoms with van der Waals surface area (Å²) < 4.78 is 38.9. The molecule has 0 amide bonds. The molecule has 140 valence electrons. The third kappa shape index (κ3) is 4.59. The van der Waals surface area contributed by atoms with Crippen molar-refractivity contribution in [1.82, 2.24) is 0 Å². The smallest absolute Gasteiger partial charge is 0.264 e. The number of hydrogen-bond acceptors (Lipinski definition) is 4. The van der Waals surface area contributed by atoms with Gasteiger partial charge in [-0.15, -0.1) is 6.58 Å². The molecule has 0 saturated carbocycles. The van der Waals surface area contributed by atoms with Crippen molar-refractivity contribution in [3.8, 4) is 11.5 Å². The largest absolute Gasteiger partial charge is 0.496 e. The molecule has 0 atom stereocenters. The number of benzene rings is 2. The zero-order valence-corrected chi connectivity index (χ0v) is 17.4. The first-order valence-corrected chi connectivity index (χ1v) is 10.3. The van der Waals surface area contributed by atoms with E-state index in [4.69, 9.17) is 9.47 Å². The molecule has 0 N–H and O–H groups in total. The van der Waals surface area contributed by atoms with E-state index < -0.39 is 10.0 Å². The predicted octanol–water partition coefficient (Wildman–Crippen LogP) is 4.63. The van der Waals surface area contributed by atoms with Crippen molar-refractivity contribution in [3.05, 3.63) is 59.6 Å². The molecular weight excluding hydrogens is 418 g/mol. The molecule has 0 aromatic heterocycles. The molecule has 7 heteroatoms. The Balaban J connectivity index is 2.41. The summed E-state index contributed by atoms with van der Waals surface area (Å²) in [5, 5.41) is 0. The van der Waals surface area contributed by atoms with Crippen LogP contribution in [-0.2, 0) is 10.0 Å². The molecule has 0 bridgehead atoms. The van der Waals surface area contributed by atoms with E-state index in [1.807, 2.05) is 13.8 Å². The zero-order chi connectivity index (χ0) is 19.3. The van der Waals surface area contributed by atoms with Crippen LogP contribution in [0.3, 0.4) is 0 Å². The minimum absolute atomic E-state index is 0.0468. The van der Waals surface area contributed by atoms with Gasteiger partial charge in [0.2, 0.25) is 0 Å². The Morgan fingerprint density at radius 2 is 1.85 bits per heavy atom. The lowest BCUT2D eigenvalue weighted by molar-refractivity contribution is 0.242. The van der Waals surface area contributed by atoms with Crippen molar-refractivity contribution in [1.29, 1.82) is 0 Å². The van der Waals surface area contributed by atoms with Gasteiger partial charge in [0.05, 0.1) is 34.8 Å². The highest BCUT2D eigenvalue weighted by atomic mass is 79.9. The summed E-state index contributed by atoms with van der Waals surface area (Å²) in [6.45, 7) is 7.69. The second-order valence-corrected chi connectivity index (χ2v) is 8.50. The Hall–Kier alpha value is -1.99. The standard InChI is InChI=1S/C19H22BrNO4S/c1-5-12-21(15-6-8-16(9-7-15)25-14(2)3)26(22,23)17-10-11-19(24-4)18(20)13-17/h5-11,13-14H,1,12H2,2-4H3. The van der Waals surface area contributed by atoms with Gasteiger partial charge in [0, 0.05) is 0 Å². The van der Waals surface area contributed by atoms with Crippen LogP contribution in [-0.4, -0.2) is 28.2 Å². The molecule has 2 rings (SSSR count). The van der Waals surface area contributed by atoms with Gasteiger partial charge in [0.15, 0.2) is 0 Å². The van der Waals surface area contributed by atoms with Gasteiger partial charge in [0.1, 0.15) is 11.5 Å². The van der Waals surface area contributed by atoms with Gasteiger partial charge in [-0.2, -0.15) is 0 Å². The zero-order valence-electron chi connectivity index (χ0n) is 15.0. The van der Waals surface area contributed by atoms with Crippen LogP contribution in [0.2, 0.25) is 0 Å². The van der Waals surface area contributed by atoms with Crippen molar-refractivity contribution in [2.75, 3.05) is 18.0 Å². The van der Waals surface area contributed by atoms with E-state index in [1.54, 1.807) is 36.4 Å². The Labute approximate surface area is 163 Å². The summed E-state index contributed by atoms with van der Waals surface area (Å²) >= 11 is 3.33. The van der Waals surface area contributed by atoms with E-state index in [0.717, 1.165) is 0 Å². The van der Waals surface area contributed by atoms with E-state index in [2.05, 4.69) is 22.5 Å². The third-order valence-corrected chi connectivity index (χ3v) is 5.91. The molecule has 0 aliphatic rings. The first-order valence-electron chi connectivity index (χ1n) is 8.03. The normalized spacial score (nSPS) is 11.3. The molecule has 0 aliphatic carbocycles. The van der Waals surface area contributed by atoms with Crippen LogP contribution in [0.25, 0.3) is 0 Å². The average molecular weight is 440 g/mol. The van der Waals surface area contributed by atoms with E-state index in [9.17, 15) is 8.42 Å². The lowest BCUT2D eigenvalue weighted by Crippen LogP contribution is -2.31. The fraction of sp³-hybridized carbons (Fsp3) is 0.263. The Kier molecular flexibility index (Phi) is 6.72. The molecule has 5 nitrogen and oxygen atoms in total. The third-order valence-electron chi connectivity index (χ3n) is 3.50. The minimum Gasteiger partial charge on any atom is -0.496 e. The van der Waals surface area contributed by atoms with Gasteiger partial charge in [-0.1, -0.05) is 6.08 Å². The van der Waals surface area contributed by atoms with Crippen LogP contribution >= 0.6 is 15.9 Å². The van der Waals surface area contributed by atoms with Crippen LogP contribution in [0.5, 0.6) is 11.5 Å². The monoisotopic (exact) mass is 439 g/mol. The maximum Gasteiger partial charge on any atom is 0.264 e. The molecule has 0 aliphatic heterocycles. The summed E-state index contributed by atoms with van der Waals surface area (Å²) in [6.07, 6.45) is 1.60. The van der Waals surface area contributed by atoms with Crippen molar-refractivity contribution in [2.24, 2.45) is 0 Å². The van der Waals surface area contributed by atoms with Gasteiger partial charge in [-0.05, 0) is 72.2 Å². The number of hydrogen-bond donors (Lipinski definition) is 0. The Morgan fingerprint density at radius 1 is 1.19 bits per heavy atom. The van der Waals surface area contributed by atoms with E-state index in [0.29, 0.717) is 21.7 Å². The fourth-order valence-corrected chi connectivity index (χ4v) is 4.51. The number of sulfonamides is 1. The maximum atomic E-state index is 13.1. The summed E-state index contributed by atoms with van der Waals surface area (Å²) in [5.74, 6) is 1.25. The first-order chi connectivity index (χ1) is 12.3. The highest BCUT2D eigenvalue weighted by molar-refractivity contribution is 9.10. The van der Waals surface area contributed by atoms with Gasteiger partial charge < -0.3 is 9.47 Å². The summed E-state index contributed by atoms with van der Waals surface area (Å²) in [4.78, 5) is 0.162. The van der Waals surface area contributed by atoms with Gasteiger partial charge in [-0.3, -0.25) is 4.31 Å². The van der Waals surface area contributed by atoms with Crippen LogP contribution in [0, 0.1) is 0 Å². The van der Waals surface area contributed by atoms with Gasteiger partial charge in [0.25, 0.3) is 10.0 Å². The lowest BCUT2D eigenvalue weighted by Gasteiger charge is -2.24. The number of nitrogens with zero attached hydrogens (tertiary/aromatic N) is 1. The Morgan fingerprint density at radius 3 is 2.35 bits per heavy atom. The molecule has 2 aromatic rings. The topological polar surface area (TPSA) is 55.8 Å². The highest BCUT2D eigenvalue weighted by Crippen LogP contribution is 2.31. The first kappa shape index (κ1) is 20.3. The molecule has 0 radical (unpaired) electrons. The molecule has 0 spiro atoms. The van der Waals surface area contributed by atoms with Crippen molar-refractivity contribution in [2.45, 2.75) is 24.8 Å². The minimum atomic E-state index is -3.76. The number of halogens is 1. The molecule has 0 unspecified atom stereocenters. The highest BCUT2D eigenvalue weighted by Gasteiger charge is 2.25. The number of ether oxygens (including phenoxy) is 2. The van der Waals surface area contributed by atoms with Crippen molar-refractivity contribution < 1.29 is 17.9 Å². The number of anilines is 1. The second kappa shape index (κ2) is 8.60. The molecule has 26 heavy (non-hydrogen) atoms. The SMILES string of the molecule is C=CCN(c1ccc(OC(C)C)cc1)S(=O)(=O)c1ccc(OC)c(Br)c1. The number of rotatable bonds is 8. The summed E-state index contributed by atoms with van der Waals surface area (Å²) in [7, 11) is -2.24. The van der Waals surface area contributed by atoms with Crippen LogP contribution in [0.15, 0.2) is 64.5 Å². The molecular formula is C19H22BrNO4S. The average Bonchev–Trinajstić information content (AvgIpc) is 2.60. The van der Waals surface area contributed by atoms with Crippen LogP contribution < -0.4 is 13.8 Å². The molecule has 0 heterocycles. The van der Waals surface area contributed by atoms with Gasteiger partial charge >= 0.3 is 0 Å². The van der Waals surface area contributed by atoms with Crippen molar-refractivity contribution >= 4 is 31.6 Å². The van der Waals surface area contributed by atoms with Crippen LogP contribution in [0.4, 0.5) is 5.69 Å². The van der Waals surface area contributed by atoms with E-state index >= 15 is 0 Å². The van der Waals surface area contributed by atoms with E-state index in [1.165, 1.54) is 23.5 Å². The fourth-order valence-electron chi connectivity index (χ4n) is 2.36. The van der Waals surface area contributed by atoms with Gasteiger partial charge in [-0.25, -0.2) is 8.42 Å². The molecule has 0 saturated heterocycles. The number of methoxy groups -OCH3 is 1. The van der Waals surface area contributed by atoms with Crippen molar-refractivity contribution in [3.63, 3.8) is 0 Å². The quantitative estimate of drug-likeness (QED) is 0.562. The maximum absolute atomic E-state index is 13.1. The summed E-state index contributed by atoms with van der Waals surface area (Å²) in [6, 6.07) is 11.6. The predicted molar refractivity (Wildman–Crippen MR) is 108 cm³/mol. The second-order valence-electron chi connectivity index (χ2n) is 5.78. The van der Waals surface area contributed by atoms with Crippen LogP contribution in [0.1, 0.15) is 13.8 Å². The lowest BCUT2D eigenvalue weighted by atomic mass is 10.3. The molecule has 2 aromatic carbocycles. The summed E-state index contributed by atoms with van der Waals surface area (Å²) in [5.41, 5.74) is 0.535. The molecule has 0 fully saturated rings.